The molecule has 0 aromatic carbocycles. The van der Waals surface area contributed by atoms with Crippen LogP contribution in [0.15, 0.2) is 0 Å². The zero-order chi connectivity index (χ0) is 12.5. The van der Waals surface area contributed by atoms with Gasteiger partial charge in [0.2, 0.25) is 0 Å². The number of rotatable bonds is 1. The van der Waals surface area contributed by atoms with Gasteiger partial charge >= 0.3 is 0 Å². The fourth-order valence-corrected chi connectivity index (χ4v) is 3.44. The summed E-state index contributed by atoms with van der Waals surface area (Å²) < 4.78 is 5.57. The summed E-state index contributed by atoms with van der Waals surface area (Å²) in [5.41, 5.74) is 0. The number of morpholine rings is 1. The average Bonchev–Trinajstić information content (AvgIpc) is 2.64. The van der Waals surface area contributed by atoms with Crippen molar-refractivity contribution in [1.82, 2.24) is 15.1 Å². The zero-order valence-electron chi connectivity index (χ0n) is 11.1. The molecule has 1 N–H and O–H groups in total. The van der Waals surface area contributed by atoms with E-state index in [2.05, 4.69) is 17.3 Å². The maximum atomic E-state index is 12.4. The first-order chi connectivity index (χ1) is 8.75. The van der Waals surface area contributed by atoms with Gasteiger partial charge in [-0.2, -0.15) is 0 Å². The Morgan fingerprint density at radius 2 is 2.11 bits per heavy atom. The summed E-state index contributed by atoms with van der Waals surface area (Å²) >= 11 is 0. The lowest BCUT2D eigenvalue weighted by atomic mass is 10.1. The van der Waals surface area contributed by atoms with E-state index in [1.165, 1.54) is 12.8 Å². The van der Waals surface area contributed by atoms with Crippen LogP contribution >= 0.6 is 0 Å². The fourth-order valence-electron chi connectivity index (χ4n) is 3.44. The molecule has 3 aliphatic rings. The van der Waals surface area contributed by atoms with Gasteiger partial charge in [-0.15, -0.1) is 0 Å². The molecule has 0 aromatic rings. The van der Waals surface area contributed by atoms with Crippen molar-refractivity contribution in [3.63, 3.8) is 0 Å². The number of ether oxygens (including phenoxy) is 1. The van der Waals surface area contributed by atoms with Gasteiger partial charge in [0.1, 0.15) is 6.10 Å². The Labute approximate surface area is 108 Å². The van der Waals surface area contributed by atoms with Gasteiger partial charge in [-0.25, -0.2) is 0 Å². The van der Waals surface area contributed by atoms with E-state index < -0.39 is 0 Å². The highest BCUT2D eigenvalue weighted by Crippen LogP contribution is 2.28. The molecule has 3 rings (SSSR count). The summed E-state index contributed by atoms with van der Waals surface area (Å²) in [6.07, 6.45) is 3.37. The summed E-state index contributed by atoms with van der Waals surface area (Å²) in [5.74, 6) is 0.183. The van der Waals surface area contributed by atoms with E-state index in [0.29, 0.717) is 25.2 Å². The van der Waals surface area contributed by atoms with E-state index in [1.54, 1.807) is 0 Å². The molecule has 1 amide bonds. The monoisotopic (exact) mass is 253 g/mol. The van der Waals surface area contributed by atoms with Crippen LogP contribution in [0.2, 0.25) is 0 Å². The van der Waals surface area contributed by atoms with Crippen LogP contribution < -0.4 is 5.32 Å². The number of fused-ring (bicyclic) bond motifs is 2. The SMILES string of the molecule is CN1C2CCC1CN(C(=O)C1CNCCO1)CC2. The molecule has 3 saturated heterocycles. The number of carbonyl (C=O) groups excluding carboxylic acids is 1. The summed E-state index contributed by atoms with van der Waals surface area (Å²) in [4.78, 5) is 16.9. The van der Waals surface area contributed by atoms with Gasteiger partial charge in [0, 0.05) is 38.3 Å². The minimum Gasteiger partial charge on any atom is -0.366 e. The predicted octanol–water partition coefficient (Wildman–Crippen LogP) is -0.330. The highest BCUT2D eigenvalue weighted by molar-refractivity contribution is 5.81. The van der Waals surface area contributed by atoms with Gasteiger partial charge in [-0.05, 0) is 26.3 Å². The molecule has 5 heteroatoms. The van der Waals surface area contributed by atoms with E-state index in [-0.39, 0.29) is 12.0 Å². The van der Waals surface area contributed by atoms with Crippen LogP contribution in [0.25, 0.3) is 0 Å². The van der Waals surface area contributed by atoms with Gasteiger partial charge in [0.25, 0.3) is 5.91 Å². The van der Waals surface area contributed by atoms with Crippen LogP contribution in [0.4, 0.5) is 0 Å². The molecular formula is C13H23N3O2. The van der Waals surface area contributed by atoms with Crippen molar-refractivity contribution in [2.45, 2.75) is 37.5 Å². The summed E-state index contributed by atoms with van der Waals surface area (Å²) in [6, 6.07) is 1.23. The van der Waals surface area contributed by atoms with Gasteiger partial charge in [0.15, 0.2) is 0 Å². The normalized spacial score (nSPS) is 37.6. The average molecular weight is 253 g/mol. The van der Waals surface area contributed by atoms with Crippen LogP contribution in [0, 0.1) is 0 Å². The van der Waals surface area contributed by atoms with Crippen LogP contribution in [0.3, 0.4) is 0 Å². The maximum absolute atomic E-state index is 12.4. The first-order valence-corrected chi connectivity index (χ1v) is 7.09. The number of nitrogens with one attached hydrogen (secondary N) is 1. The number of hydrogen-bond donors (Lipinski definition) is 1. The van der Waals surface area contributed by atoms with E-state index in [4.69, 9.17) is 4.74 Å². The standard InChI is InChI=1S/C13H23N3O2/c1-15-10-2-3-11(15)9-16(6-4-10)13(17)12-8-14-5-7-18-12/h10-12,14H,2-9H2,1H3. The molecular weight excluding hydrogens is 230 g/mol. The van der Waals surface area contributed by atoms with Crippen LogP contribution in [0.5, 0.6) is 0 Å². The third-order valence-corrected chi connectivity index (χ3v) is 4.66. The molecule has 3 unspecified atom stereocenters. The smallest absolute Gasteiger partial charge is 0.253 e. The second-order valence-corrected chi connectivity index (χ2v) is 5.69. The Kier molecular flexibility index (Phi) is 3.54. The predicted molar refractivity (Wildman–Crippen MR) is 68.4 cm³/mol. The van der Waals surface area contributed by atoms with Crippen LogP contribution in [0.1, 0.15) is 19.3 Å². The Hall–Kier alpha value is -0.650. The molecule has 0 spiro atoms. The van der Waals surface area contributed by atoms with Gasteiger partial charge < -0.3 is 15.0 Å². The van der Waals surface area contributed by atoms with Gasteiger partial charge in [-0.3, -0.25) is 9.69 Å². The highest BCUT2D eigenvalue weighted by atomic mass is 16.5. The summed E-state index contributed by atoms with van der Waals surface area (Å²) in [5, 5.41) is 3.23. The molecule has 0 radical (unpaired) electrons. The van der Waals surface area contributed by atoms with E-state index in [1.807, 2.05) is 4.90 Å². The lowest BCUT2D eigenvalue weighted by Crippen LogP contribution is -2.51. The molecule has 0 aliphatic carbocycles. The number of likely N-dealkylation sites (N-methyl/N-ethyl adjacent to an activating group) is 1. The van der Waals surface area contributed by atoms with Crippen molar-refractivity contribution in [2.75, 3.05) is 39.8 Å². The highest BCUT2D eigenvalue weighted by Gasteiger charge is 2.37. The number of amides is 1. The lowest BCUT2D eigenvalue weighted by Gasteiger charge is -2.31. The van der Waals surface area contributed by atoms with Crippen LogP contribution in [-0.2, 0) is 9.53 Å². The van der Waals surface area contributed by atoms with E-state index >= 15 is 0 Å². The van der Waals surface area contributed by atoms with Crippen molar-refractivity contribution in [3.8, 4) is 0 Å². The fraction of sp³-hybridized carbons (Fsp3) is 0.923. The van der Waals surface area contributed by atoms with Crippen molar-refractivity contribution in [1.29, 1.82) is 0 Å². The topological polar surface area (TPSA) is 44.8 Å². The second kappa shape index (κ2) is 5.15. The largest absolute Gasteiger partial charge is 0.366 e. The summed E-state index contributed by atoms with van der Waals surface area (Å²) in [6.45, 7) is 3.95. The number of likely N-dealkylation sites (tertiary alicyclic amines) is 1. The summed E-state index contributed by atoms with van der Waals surface area (Å²) in [7, 11) is 2.20. The Balaban J connectivity index is 1.63. The van der Waals surface area contributed by atoms with Crippen molar-refractivity contribution >= 4 is 5.91 Å². The third-order valence-electron chi connectivity index (χ3n) is 4.66. The van der Waals surface area contributed by atoms with Crippen molar-refractivity contribution < 1.29 is 9.53 Å². The minimum atomic E-state index is -0.263. The first kappa shape index (κ1) is 12.4. The van der Waals surface area contributed by atoms with Crippen LogP contribution in [-0.4, -0.2) is 73.7 Å². The molecule has 102 valence electrons. The molecule has 18 heavy (non-hydrogen) atoms. The number of hydrogen-bond acceptors (Lipinski definition) is 4. The van der Waals surface area contributed by atoms with E-state index in [0.717, 1.165) is 26.1 Å². The first-order valence-electron chi connectivity index (χ1n) is 7.09. The third kappa shape index (κ3) is 2.27. The maximum Gasteiger partial charge on any atom is 0.253 e. The molecule has 0 aromatic heterocycles. The molecule has 2 bridgehead atoms. The van der Waals surface area contributed by atoms with Crippen molar-refractivity contribution in [2.24, 2.45) is 0 Å². The Morgan fingerprint density at radius 1 is 1.28 bits per heavy atom. The van der Waals surface area contributed by atoms with E-state index in [9.17, 15) is 4.79 Å². The van der Waals surface area contributed by atoms with Gasteiger partial charge in [-0.1, -0.05) is 0 Å². The molecule has 3 fully saturated rings. The Morgan fingerprint density at radius 3 is 2.89 bits per heavy atom. The molecule has 3 aliphatic heterocycles. The molecule has 5 nitrogen and oxygen atoms in total. The zero-order valence-corrected chi connectivity index (χ0v) is 11.1. The Bertz CT molecular complexity index is 317. The number of nitrogens with zero attached hydrogens (tertiary/aromatic N) is 2. The number of carbonyl (C=O) groups is 1. The molecule has 3 atom stereocenters. The lowest BCUT2D eigenvalue weighted by molar-refractivity contribution is -0.145. The molecule has 3 heterocycles. The second-order valence-electron chi connectivity index (χ2n) is 5.69. The minimum absolute atomic E-state index is 0.183. The quantitative estimate of drug-likeness (QED) is 0.695. The van der Waals surface area contributed by atoms with Crippen molar-refractivity contribution in [3.05, 3.63) is 0 Å². The molecule has 0 saturated carbocycles. The van der Waals surface area contributed by atoms with Gasteiger partial charge in [0.05, 0.1) is 6.61 Å².